The van der Waals surface area contributed by atoms with Crippen molar-refractivity contribution in [3.05, 3.63) is 74.8 Å². The minimum Gasteiger partial charge on any atom is -0.268 e. The second kappa shape index (κ2) is 5.40. The number of hydrogen-bond acceptors (Lipinski definition) is 4. The molecule has 0 N–H and O–H groups in total. The summed E-state index contributed by atoms with van der Waals surface area (Å²) in [6, 6.07) is 13.1. The molecule has 3 aromatic rings. The molecule has 0 radical (unpaired) electrons. The van der Waals surface area contributed by atoms with Crippen LogP contribution in [-0.4, -0.2) is 14.5 Å². The van der Waals surface area contributed by atoms with Crippen molar-refractivity contribution in [2.75, 3.05) is 0 Å². The molecule has 110 valence electrons. The molecule has 6 nitrogen and oxygen atoms in total. The molecule has 3 rings (SSSR count). The lowest BCUT2D eigenvalue weighted by Crippen LogP contribution is -2.23. The van der Waals surface area contributed by atoms with E-state index in [0.717, 1.165) is 0 Å². The third kappa shape index (κ3) is 2.24. The highest BCUT2D eigenvalue weighted by Crippen LogP contribution is 2.18. The van der Waals surface area contributed by atoms with Crippen molar-refractivity contribution in [1.29, 1.82) is 0 Å². The van der Waals surface area contributed by atoms with E-state index in [4.69, 9.17) is 0 Å². The zero-order valence-corrected chi connectivity index (χ0v) is 11.9. The maximum Gasteiger partial charge on any atom is 0.271 e. The van der Waals surface area contributed by atoms with Gasteiger partial charge in [0.15, 0.2) is 0 Å². The van der Waals surface area contributed by atoms with Gasteiger partial charge in [-0.3, -0.25) is 19.5 Å². The molecule has 22 heavy (non-hydrogen) atoms. The predicted molar refractivity (Wildman–Crippen MR) is 83.4 cm³/mol. The van der Waals surface area contributed by atoms with Crippen LogP contribution in [0.2, 0.25) is 0 Å². The Morgan fingerprint density at radius 2 is 1.95 bits per heavy atom. The molecule has 0 aliphatic heterocycles. The first-order valence-corrected chi connectivity index (χ1v) is 6.87. The summed E-state index contributed by atoms with van der Waals surface area (Å²) in [5.74, 6) is 0.573. The zero-order chi connectivity index (χ0) is 15.7. The van der Waals surface area contributed by atoms with Gasteiger partial charge in [0.2, 0.25) is 0 Å². The number of non-ortho nitro benzene ring substituents is 1. The van der Waals surface area contributed by atoms with Crippen LogP contribution in [0.15, 0.2) is 53.3 Å². The number of benzene rings is 2. The van der Waals surface area contributed by atoms with Crippen LogP contribution in [0.3, 0.4) is 0 Å². The van der Waals surface area contributed by atoms with Gasteiger partial charge in [-0.2, -0.15) is 0 Å². The monoisotopic (exact) mass is 295 g/mol. The molecule has 0 unspecified atom stereocenters. The smallest absolute Gasteiger partial charge is 0.268 e. The Balaban J connectivity index is 2.35. The SMILES string of the molecule is CCc1nc2ccccc2c(=O)n1-c1cccc([N+](=O)[O-])c1. The van der Waals surface area contributed by atoms with E-state index in [1.54, 1.807) is 30.3 Å². The van der Waals surface area contributed by atoms with Gasteiger partial charge in [-0.15, -0.1) is 0 Å². The van der Waals surface area contributed by atoms with E-state index in [0.29, 0.717) is 28.8 Å². The summed E-state index contributed by atoms with van der Waals surface area (Å²) in [5, 5.41) is 11.4. The van der Waals surface area contributed by atoms with Crippen molar-refractivity contribution in [1.82, 2.24) is 9.55 Å². The van der Waals surface area contributed by atoms with Gasteiger partial charge in [0, 0.05) is 18.6 Å². The van der Waals surface area contributed by atoms with Crippen molar-refractivity contribution in [3.63, 3.8) is 0 Å². The Bertz CT molecular complexity index is 931. The molecule has 0 atom stereocenters. The van der Waals surface area contributed by atoms with Crippen molar-refractivity contribution in [2.45, 2.75) is 13.3 Å². The van der Waals surface area contributed by atoms with Gasteiger partial charge in [-0.1, -0.05) is 25.1 Å². The second-order valence-corrected chi connectivity index (χ2v) is 4.82. The summed E-state index contributed by atoms with van der Waals surface area (Å²) < 4.78 is 1.44. The number of rotatable bonds is 3. The maximum atomic E-state index is 12.7. The lowest BCUT2D eigenvalue weighted by Gasteiger charge is -2.12. The maximum absolute atomic E-state index is 12.7. The van der Waals surface area contributed by atoms with Crippen LogP contribution in [0.5, 0.6) is 0 Å². The molecule has 0 saturated heterocycles. The normalized spacial score (nSPS) is 10.8. The third-order valence-corrected chi connectivity index (χ3v) is 3.46. The fourth-order valence-electron chi connectivity index (χ4n) is 2.43. The van der Waals surface area contributed by atoms with Crippen molar-refractivity contribution >= 4 is 16.6 Å². The fourth-order valence-corrected chi connectivity index (χ4v) is 2.43. The van der Waals surface area contributed by atoms with Crippen LogP contribution in [0, 0.1) is 10.1 Å². The molecule has 6 heteroatoms. The van der Waals surface area contributed by atoms with Gasteiger partial charge in [0.05, 0.1) is 21.5 Å². The van der Waals surface area contributed by atoms with Crippen LogP contribution in [0.25, 0.3) is 16.6 Å². The molecule has 0 aliphatic carbocycles. The molecule has 0 aliphatic rings. The van der Waals surface area contributed by atoms with Gasteiger partial charge < -0.3 is 0 Å². The largest absolute Gasteiger partial charge is 0.271 e. The molecule has 1 aromatic heterocycles. The number of aryl methyl sites for hydroxylation is 1. The first-order chi connectivity index (χ1) is 10.6. The van der Waals surface area contributed by atoms with E-state index >= 15 is 0 Å². The fraction of sp³-hybridized carbons (Fsp3) is 0.125. The van der Waals surface area contributed by atoms with Crippen LogP contribution >= 0.6 is 0 Å². The van der Waals surface area contributed by atoms with Crippen LogP contribution in [0.1, 0.15) is 12.7 Å². The standard InChI is InChI=1S/C16H13N3O3/c1-2-15-17-14-9-4-3-8-13(14)16(20)18(15)11-6-5-7-12(10-11)19(21)22/h3-10H,2H2,1H3. The summed E-state index contributed by atoms with van der Waals surface area (Å²) in [4.78, 5) is 27.7. The molecule has 0 amide bonds. The van der Waals surface area contributed by atoms with Gasteiger partial charge in [-0.05, 0) is 18.2 Å². The quantitative estimate of drug-likeness (QED) is 0.550. The van der Waals surface area contributed by atoms with E-state index in [1.165, 1.54) is 16.7 Å². The predicted octanol–water partition coefficient (Wildman–Crippen LogP) is 2.86. The van der Waals surface area contributed by atoms with E-state index in [9.17, 15) is 14.9 Å². The number of para-hydroxylation sites is 1. The minimum absolute atomic E-state index is 0.0559. The molecule has 0 spiro atoms. The Kier molecular flexibility index (Phi) is 3.42. The Labute approximate surface area is 125 Å². The first kappa shape index (κ1) is 13.9. The minimum atomic E-state index is -0.478. The highest BCUT2D eigenvalue weighted by atomic mass is 16.6. The van der Waals surface area contributed by atoms with Crippen LogP contribution in [0.4, 0.5) is 5.69 Å². The van der Waals surface area contributed by atoms with E-state index in [1.807, 2.05) is 13.0 Å². The molecule has 0 fully saturated rings. The number of nitrogens with zero attached hydrogens (tertiary/aromatic N) is 3. The molecule has 2 aromatic carbocycles. The number of nitro groups is 1. The van der Waals surface area contributed by atoms with E-state index in [-0.39, 0.29) is 11.2 Å². The Hall–Kier alpha value is -3.02. The van der Waals surface area contributed by atoms with Gasteiger partial charge in [0.25, 0.3) is 11.2 Å². The Morgan fingerprint density at radius 1 is 1.18 bits per heavy atom. The van der Waals surface area contributed by atoms with Crippen molar-refractivity contribution < 1.29 is 4.92 Å². The summed E-state index contributed by atoms with van der Waals surface area (Å²) >= 11 is 0. The highest BCUT2D eigenvalue weighted by Gasteiger charge is 2.13. The van der Waals surface area contributed by atoms with Crippen molar-refractivity contribution in [3.8, 4) is 5.69 Å². The summed E-state index contributed by atoms with van der Waals surface area (Å²) in [7, 11) is 0. The van der Waals surface area contributed by atoms with Crippen LogP contribution < -0.4 is 5.56 Å². The van der Waals surface area contributed by atoms with Gasteiger partial charge in [0.1, 0.15) is 5.82 Å². The third-order valence-electron chi connectivity index (χ3n) is 3.46. The summed E-state index contributed by atoms with van der Waals surface area (Å²) in [5.41, 5.74) is 0.808. The molecular weight excluding hydrogens is 282 g/mol. The Morgan fingerprint density at radius 3 is 2.68 bits per heavy atom. The van der Waals surface area contributed by atoms with E-state index < -0.39 is 4.92 Å². The number of hydrogen-bond donors (Lipinski definition) is 0. The molecule has 0 bridgehead atoms. The highest BCUT2D eigenvalue weighted by molar-refractivity contribution is 5.77. The van der Waals surface area contributed by atoms with Crippen LogP contribution in [-0.2, 0) is 6.42 Å². The zero-order valence-electron chi connectivity index (χ0n) is 11.9. The molecule has 1 heterocycles. The molecule has 0 saturated carbocycles. The summed E-state index contributed by atoms with van der Waals surface area (Å²) in [6.45, 7) is 1.89. The first-order valence-electron chi connectivity index (χ1n) is 6.87. The topological polar surface area (TPSA) is 78.0 Å². The average Bonchev–Trinajstić information content (AvgIpc) is 2.54. The van der Waals surface area contributed by atoms with Gasteiger partial charge in [-0.25, -0.2) is 4.98 Å². The lowest BCUT2D eigenvalue weighted by molar-refractivity contribution is -0.384. The van der Waals surface area contributed by atoms with Gasteiger partial charge >= 0.3 is 0 Å². The van der Waals surface area contributed by atoms with E-state index in [2.05, 4.69) is 4.98 Å². The molecular formula is C16H13N3O3. The number of aromatic nitrogens is 2. The van der Waals surface area contributed by atoms with Crippen molar-refractivity contribution in [2.24, 2.45) is 0 Å². The summed E-state index contributed by atoms with van der Waals surface area (Å²) in [6.07, 6.45) is 0.544. The second-order valence-electron chi connectivity index (χ2n) is 4.82. The number of fused-ring (bicyclic) bond motifs is 1. The average molecular weight is 295 g/mol. The lowest BCUT2D eigenvalue weighted by atomic mass is 10.2. The number of nitro benzene ring substituents is 1.